The van der Waals surface area contributed by atoms with E-state index in [0.29, 0.717) is 0 Å². The number of primary amides is 1. The molecule has 9 nitrogen and oxygen atoms in total. The summed E-state index contributed by atoms with van der Waals surface area (Å²) in [6.45, 7) is 3.37. The quantitative estimate of drug-likeness (QED) is 0.713. The van der Waals surface area contributed by atoms with Gasteiger partial charge in [-0.1, -0.05) is 0 Å². The van der Waals surface area contributed by atoms with Gasteiger partial charge in [0.05, 0.1) is 6.61 Å². The van der Waals surface area contributed by atoms with Crippen LogP contribution in [0, 0.1) is 0 Å². The van der Waals surface area contributed by atoms with Gasteiger partial charge in [0.1, 0.15) is 24.6 Å². The molecule has 0 aliphatic carbocycles. The Morgan fingerprint density at radius 1 is 1.50 bits per heavy atom. The zero-order valence-electron chi connectivity index (χ0n) is 11.1. The van der Waals surface area contributed by atoms with Crippen LogP contribution in [0.3, 0.4) is 0 Å². The lowest BCUT2D eigenvalue weighted by Crippen LogP contribution is -2.31. The Labute approximate surface area is 114 Å². The van der Waals surface area contributed by atoms with E-state index in [4.69, 9.17) is 19.9 Å². The SMILES string of the molecule is CC1(C)O[C@@H]2[C@H](O1)[C@@H](n1cnc(C(N)=O)n1)O[C@H]2CO. The fourth-order valence-corrected chi connectivity index (χ4v) is 2.53. The Balaban J connectivity index is 1.87. The standard InChI is InChI=1S/C11H16N4O5/c1-11(2)19-6-5(3-16)18-10(7(6)20-11)15-4-13-9(14-15)8(12)17/h4-7,10,16H,3H2,1-2H3,(H2,12,17)/t5-,6-,7-,10-/m0/s1. The van der Waals surface area contributed by atoms with E-state index in [1.165, 1.54) is 11.0 Å². The summed E-state index contributed by atoms with van der Waals surface area (Å²) in [5.74, 6) is -1.59. The third-order valence-electron chi connectivity index (χ3n) is 3.29. The van der Waals surface area contributed by atoms with Gasteiger partial charge in [-0.2, -0.15) is 0 Å². The summed E-state index contributed by atoms with van der Waals surface area (Å²) in [6.07, 6.45) is -0.644. The first kappa shape index (κ1) is 13.4. The normalized spacial score (nSPS) is 35.1. The summed E-state index contributed by atoms with van der Waals surface area (Å²) in [5, 5.41) is 13.3. The third-order valence-corrected chi connectivity index (χ3v) is 3.29. The molecule has 1 aromatic rings. The first-order valence-corrected chi connectivity index (χ1v) is 6.24. The lowest BCUT2D eigenvalue weighted by atomic mass is 10.1. The number of nitrogens with two attached hydrogens (primary N) is 1. The molecule has 2 fully saturated rings. The molecular weight excluding hydrogens is 268 g/mol. The minimum atomic E-state index is -0.766. The molecule has 1 amide bonds. The monoisotopic (exact) mass is 284 g/mol. The van der Waals surface area contributed by atoms with Crippen LogP contribution in [-0.4, -0.2) is 56.5 Å². The van der Waals surface area contributed by atoms with Gasteiger partial charge in [-0.05, 0) is 13.8 Å². The summed E-state index contributed by atoms with van der Waals surface area (Å²) >= 11 is 0. The summed E-state index contributed by atoms with van der Waals surface area (Å²) < 4.78 is 18.5. The number of fused-ring (bicyclic) bond motifs is 1. The Morgan fingerprint density at radius 2 is 2.20 bits per heavy atom. The second kappa shape index (κ2) is 4.48. The van der Waals surface area contributed by atoms with Crippen molar-refractivity contribution in [2.45, 2.75) is 44.2 Å². The number of aromatic nitrogens is 3. The molecule has 3 N–H and O–H groups in total. The number of carbonyl (C=O) groups excluding carboxylic acids is 1. The van der Waals surface area contributed by atoms with E-state index >= 15 is 0 Å². The summed E-state index contributed by atoms with van der Waals surface area (Å²) in [5.41, 5.74) is 5.12. The van der Waals surface area contributed by atoms with Crippen LogP contribution in [0.25, 0.3) is 0 Å². The van der Waals surface area contributed by atoms with Crippen molar-refractivity contribution in [3.63, 3.8) is 0 Å². The number of ether oxygens (including phenoxy) is 3. The fourth-order valence-electron chi connectivity index (χ4n) is 2.53. The van der Waals surface area contributed by atoms with Crippen molar-refractivity contribution in [3.05, 3.63) is 12.2 Å². The largest absolute Gasteiger partial charge is 0.394 e. The number of hydrogen-bond donors (Lipinski definition) is 2. The molecular formula is C11H16N4O5. The average molecular weight is 284 g/mol. The van der Waals surface area contributed by atoms with Crippen LogP contribution in [0.4, 0.5) is 0 Å². The molecule has 0 unspecified atom stereocenters. The third kappa shape index (κ3) is 2.08. The molecule has 110 valence electrons. The molecule has 0 bridgehead atoms. The summed E-state index contributed by atoms with van der Waals surface area (Å²) in [7, 11) is 0. The summed E-state index contributed by atoms with van der Waals surface area (Å²) in [6, 6.07) is 0. The van der Waals surface area contributed by atoms with Crippen molar-refractivity contribution in [2.75, 3.05) is 6.61 Å². The molecule has 3 heterocycles. The van der Waals surface area contributed by atoms with Crippen LogP contribution < -0.4 is 5.73 Å². The number of carbonyl (C=O) groups is 1. The number of rotatable bonds is 3. The molecule has 2 aliphatic rings. The van der Waals surface area contributed by atoms with Crippen LogP contribution in [0.2, 0.25) is 0 Å². The van der Waals surface area contributed by atoms with Gasteiger partial charge in [-0.25, -0.2) is 9.67 Å². The number of hydrogen-bond acceptors (Lipinski definition) is 7. The highest BCUT2D eigenvalue weighted by molar-refractivity contribution is 5.88. The molecule has 9 heteroatoms. The molecule has 2 saturated heterocycles. The van der Waals surface area contributed by atoms with Gasteiger partial charge < -0.3 is 25.1 Å². The Kier molecular flexibility index (Phi) is 3.01. The maximum atomic E-state index is 11.0. The minimum absolute atomic E-state index is 0.101. The van der Waals surface area contributed by atoms with Crippen LogP contribution in [0.1, 0.15) is 30.7 Å². The Morgan fingerprint density at radius 3 is 2.80 bits per heavy atom. The van der Waals surface area contributed by atoms with Crippen LogP contribution in [0.15, 0.2) is 6.33 Å². The van der Waals surface area contributed by atoms with Crippen LogP contribution >= 0.6 is 0 Å². The molecule has 20 heavy (non-hydrogen) atoms. The second-order valence-corrected chi connectivity index (χ2v) is 5.22. The number of nitrogens with zero attached hydrogens (tertiary/aromatic N) is 3. The lowest BCUT2D eigenvalue weighted by Gasteiger charge is -2.23. The highest BCUT2D eigenvalue weighted by Gasteiger charge is 2.56. The molecule has 0 radical (unpaired) electrons. The molecule has 0 aromatic carbocycles. The number of aliphatic hydroxyl groups excluding tert-OH is 1. The van der Waals surface area contributed by atoms with Crippen molar-refractivity contribution in [3.8, 4) is 0 Å². The van der Waals surface area contributed by atoms with E-state index in [2.05, 4.69) is 10.1 Å². The smallest absolute Gasteiger partial charge is 0.288 e. The highest BCUT2D eigenvalue weighted by atomic mass is 16.8. The van der Waals surface area contributed by atoms with Crippen LogP contribution in [-0.2, 0) is 14.2 Å². The number of aliphatic hydroxyl groups is 1. The molecule has 2 aliphatic heterocycles. The minimum Gasteiger partial charge on any atom is -0.394 e. The number of amides is 1. The molecule has 0 spiro atoms. The van der Waals surface area contributed by atoms with E-state index < -0.39 is 36.2 Å². The van der Waals surface area contributed by atoms with Gasteiger partial charge in [0.25, 0.3) is 5.91 Å². The van der Waals surface area contributed by atoms with Gasteiger partial charge in [-0.15, -0.1) is 5.10 Å². The molecule has 3 rings (SSSR count). The molecule has 4 atom stereocenters. The average Bonchev–Trinajstić information content (AvgIpc) is 3.01. The maximum absolute atomic E-state index is 11.0. The van der Waals surface area contributed by atoms with Gasteiger partial charge in [0.2, 0.25) is 5.82 Å². The Hall–Kier alpha value is -1.55. The van der Waals surface area contributed by atoms with Crippen LogP contribution in [0.5, 0.6) is 0 Å². The molecule has 1 aromatic heterocycles. The van der Waals surface area contributed by atoms with E-state index in [1.807, 2.05) is 0 Å². The predicted octanol–water partition coefficient (Wildman–Crippen LogP) is -1.21. The fraction of sp³-hybridized carbons (Fsp3) is 0.727. The first-order chi connectivity index (χ1) is 9.41. The van der Waals surface area contributed by atoms with Crippen molar-refractivity contribution >= 4 is 5.91 Å². The van der Waals surface area contributed by atoms with Crippen molar-refractivity contribution in [2.24, 2.45) is 5.73 Å². The van der Waals surface area contributed by atoms with E-state index in [9.17, 15) is 9.90 Å². The van der Waals surface area contributed by atoms with Gasteiger partial charge in [0, 0.05) is 0 Å². The molecule has 0 saturated carbocycles. The van der Waals surface area contributed by atoms with E-state index in [-0.39, 0.29) is 12.4 Å². The zero-order chi connectivity index (χ0) is 14.5. The Bertz CT molecular complexity index is 531. The van der Waals surface area contributed by atoms with Gasteiger partial charge >= 0.3 is 0 Å². The second-order valence-electron chi connectivity index (χ2n) is 5.22. The highest BCUT2D eigenvalue weighted by Crippen LogP contribution is 2.42. The van der Waals surface area contributed by atoms with E-state index in [0.717, 1.165) is 0 Å². The zero-order valence-corrected chi connectivity index (χ0v) is 11.1. The predicted molar refractivity (Wildman–Crippen MR) is 63.4 cm³/mol. The van der Waals surface area contributed by atoms with Gasteiger partial charge in [-0.3, -0.25) is 4.79 Å². The summed E-state index contributed by atoms with van der Waals surface area (Å²) in [4.78, 5) is 14.8. The maximum Gasteiger partial charge on any atom is 0.288 e. The van der Waals surface area contributed by atoms with Crippen molar-refractivity contribution < 1.29 is 24.1 Å². The van der Waals surface area contributed by atoms with E-state index in [1.54, 1.807) is 13.8 Å². The van der Waals surface area contributed by atoms with Gasteiger partial charge in [0.15, 0.2) is 12.0 Å². The van der Waals surface area contributed by atoms with Crippen molar-refractivity contribution in [1.82, 2.24) is 14.8 Å². The van der Waals surface area contributed by atoms with Crippen molar-refractivity contribution in [1.29, 1.82) is 0 Å². The lowest BCUT2D eigenvalue weighted by molar-refractivity contribution is -0.201. The first-order valence-electron chi connectivity index (χ1n) is 6.24. The topological polar surface area (TPSA) is 122 Å².